The van der Waals surface area contributed by atoms with Crippen molar-refractivity contribution in [2.24, 2.45) is 17.8 Å². The lowest BCUT2D eigenvalue weighted by atomic mass is 9.53. The fourth-order valence-electron chi connectivity index (χ4n) is 5.80. The van der Waals surface area contributed by atoms with E-state index in [1.54, 1.807) is 11.0 Å². The number of hydrogen-bond donors (Lipinski definition) is 2. The summed E-state index contributed by atoms with van der Waals surface area (Å²) in [6, 6.07) is 1.49. The minimum Gasteiger partial charge on any atom is -0.363 e. The molecule has 0 radical (unpaired) electrons. The molecule has 0 aromatic carbocycles. The molecule has 4 saturated carbocycles. The van der Waals surface area contributed by atoms with Crippen molar-refractivity contribution in [1.29, 1.82) is 0 Å². The zero-order valence-corrected chi connectivity index (χ0v) is 16.1. The maximum absolute atomic E-state index is 13.1. The first kappa shape index (κ1) is 18.3. The van der Waals surface area contributed by atoms with Crippen molar-refractivity contribution in [3.63, 3.8) is 0 Å². The molecule has 2 N–H and O–H groups in total. The van der Waals surface area contributed by atoms with Crippen molar-refractivity contribution in [2.75, 3.05) is 18.4 Å². The number of aromatic nitrogens is 1. The molecule has 4 fully saturated rings. The van der Waals surface area contributed by atoms with Gasteiger partial charge in [0.15, 0.2) is 5.82 Å². The van der Waals surface area contributed by atoms with Crippen LogP contribution in [0.4, 0.5) is 10.6 Å². The normalized spacial score (nSPS) is 30.9. The summed E-state index contributed by atoms with van der Waals surface area (Å²) in [4.78, 5) is 27.1. The van der Waals surface area contributed by atoms with Crippen LogP contribution in [-0.4, -0.2) is 40.6 Å². The van der Waals surface area contributed by atoms with E-state index < -0.39 is 0 Å². The summed E-state index contributed by atoms with van der Waals surface area (Å²) in [6.45, 7) is 2.70. The Labute approximate surface area is 160 Å². The van der Waals surface area contributed by atoms with E-state index in [2.05, 4.69) is 22.7 Å². The highest BCUT2D eigenvalue weighted by Gasteiger charge is 2.51. The van der Waals surface area contributed by atoms with E-state index in [-0.39, 0.29) is 24.0 Å². The van der Waals surface area contributed by atoms with Crippen LogP contribution in [0.25, 0.3) is 0 Å². The average molecular weight is 374 g/mol. The number of hydrogen-bond acceptors (Lipinski definition) is 4. The largest absolute Gasteiger partial charge is 0.363 e. The first-order chi connectivity index (χ1) is 13.0. The van der Waals surface area contributed by atoms with Gasteiger partial charge in [0.25, 0.3) is 0 Å². The highest BCUT2D eigenvalue weighted by molar-refractivity contribution is 5.93. The number of rotatable bonds is 7. The van der Waals surface area contributed by atoms with Gasteiger partial charge in [-0.25, -0.2) is 4.79 Å². The van der Waals surface area contributed by atoms with Crippen molar-refractivity contribution in [2.45, 2.75) is 63.8 Å². The highest BCUT2D eigenvalue weighted by atomic mass is 16.5. The third-order valence-electron chi connectivity index (χ3n) is 6.52. The molecule has 27 heavy (non-hydrogen) atoms. The minimum absolute atomic E-state index is 0.0328. The Morgan fingerprint density at radius 1 is 1.22 bits per heavy atom. The number of unbranched alkanes of at least 4 members (excludes halogenated alkanes) is 1. The molecule has 4 bridgehead atoms. The van der Waals surface area contributed by atoms with Gasteiger partial charge in [0.05, 0.1) is 0 Å². The van der Waals surface area contributed by atoms with E-state index >= 15 is 0 Å². The molecule has 4 aliphatic rings. The molecule has 0 unspecified atom stereocenters. The second-order valence-electron chi connectivity index (χ2n) is 8.84. The zero-order valence-electron chi connectivity index (χ0n) is 16.1. The molecule has 3 amide bonds. The van der Waals surface area contributed by atoms with Gasteiger partial charge in [-0.15, -0.1) is 0 Å². The molecule has 1 aromatic heterocycles. The van der Waals surface area contributed by atoms with Crippen LogP contribution in [0.2, 0.25) is 0 Å². The van der Waals surface area contributed by atoms with E-state index in [1.165, 1.54) is 25.5 Å². The summed E-state index contributed by atoms with van der Waals surface area (Å²) < 4.78 is 4.73. The summed E-state index contributed by atoms with van der Waals surface area (Å²) in [5, 5.41) is 9.74. The molecule has 0 aliphatic heterocycles. The fraction of sp³-hybridized carbons (Fsp3) is 0.750. The Kier molecular flexibility index (Phi) is 5.10. The molecule has 5 rings (SSSR count). The Balaban J connectivity index is 1.39. The number of nitrogens with zero attached hydrogens (tertiary/aromatic N) is 2. The first-order valence-corrected chi connectivity index (χ1v) is 10.3. The van der Waals surface area contributed by atoms with Crippen molar-refractivity contribution >= 4 is 17.8 Å². The van der Waals surface area contributed by atoms with Crippen LogP contribution in [0.1, 0.15) is 58.3 Å². The van der Waals surface area contributed by atoms with E-state index in [0.29, 0.717) is 12.4 Å². The van der Waals surface area contributed by atoms with Gasteiger partial charge in [-0.1, -0.05) is 18.5 Å². The molecule has 7 nitrogen and oxygen atoms in total. The zero-order chi connectivity index (χ0) is 18.9. The van der Waals surface area contributed by atoms with Gasteiger partial charge in [-0.05, 0) is 62.7 Å². The molecule has 7 heteroatoms. The first-order valence-electron chi connectivity index (χ1n) is 10.3. The number of anilines is 1. The fourth-order valence-corrected chi connectivity index (χ4v) is 5.80. The van der Waals surface area contributed by atoms with Crippen molar-refractivity contribution in [1.82, 2.24) is 15.4 Å². The number of nitrogens with one attached hydrogen (secondary N) is 2. The molecule has 0 saturated heterocycles. The van der Waals surface area contributed by atoms with Gasteiger partial charge in [-0.2, -0.15) is 0 Å². The summed E-state index contributed by atoms with van der Waals surface area (Å²) in [7, 11) is 0. The average Bonchev–Trinajstić information content (AvgIpc) is 3.09. The second kappa shape index (κ2) is 7.52. The second-order valence-corrected chi connectivity index (χ2v) is 8.84. The Morgan fingerprint density at radius 3 is 2.44 bits per heavy atom. The van der Waals surface area contributed by atoms with Crippen LogP contribution < -0.4 is 10.6 Å². The monoisotopic (exact) mass is 374 g/mol. The van der Waals surface area contributed by atoms with Crippen molar-refractivity contribution < 1.29 is 14.1 Å². The van der Waals surface area contributed by atoms with Crippen molar-refractivity contribution in [3.05, 3.63) is 12.3 Å². The third kappa shape index (κ3) is 4.12. The number of urea groups is 1. The van der Waals surface area contributed by atoms with Gasteiger partial charge in [0, 0.05) is 18.2 Å². The van der Waals surface area contributed by atoms with Gasteiger partial charge < -0.3 is 20.1 Å². The predicted molar refractivity (Wildman–Crippen MR) is 101 cm³/mol. The van der Waals surface area contributed by atoms with Gasteiger partial charge in [0.1, 0.15) is 12.8 Å². The Hall–Kier alpha value is -2.05. The topological polar surface area (TPSA) is 87.5 Å². The Bertz CT molecular complexity index is 637. The molecule has 4 aliphatic carbocycles. The standard InChI is InChI=1S/C20H30N4O3/c1-2-3-5-24(13-18(25)21-17-4-6-27-23-17)19(26)22-20-10-14-7-15(11-20)9-16(8-14)12-20/h4,6,14-16H,2-3,5,7-13H2,1H3,(H,22,26)(H,21,23,25). The minimum atomic E-state index is -0.249. The molecule has 0 atom stereocenters. The summed E-state index contributed by atoms with van der Waals surface area (Å²) in [5.74, 6) is 2.45. The van der Waals surface area contributed by atoms with E-state index in [9.17, 15) is 9.59 Å². The van der Waals surface area contributed by atoms with Crippen LogP contribution in [0.15, 0.2) is 16.9 Å². The summed E-state index contributed by atoms with van der Waals surface area (Å²) in [5.41, 5.74) is -0.0428. The predicted octanol–water partition coefficient (Wildman–Crippen LogP) is 3.39. The SMILES string of the molecule is CCCCN(CC(=O)Nc1ccon1)C(=O)NC12CC3CC(CC(C3)C1)C2. The maximum Gasteiger partial charge on any atom is 0.318 e. The number of amides is 3. The molecule has 1 heterocycles. The lowest BCUT2D eigenvalue weighted by Gasteiger charge is -2.57. The van der Waals surface area contributed by atoms with Gasteiger partial charge in [-0.3, -0.25) is 4.79 Å². The van der Waals surface area contributed by atoms with Gasteiger partial charge in [0.2, 0.25) is 5.91 Å². The number of carbonyl (C=O) groups is 2. The van der Waals surface area contributed by atoms with Crippen LogP contribution >= 0.6 is 0 Å². The molecule has 1 aromatic rings. The van der Waals surface area contributed by atoms with E-state index in [4.69, 9.17) is 4.52 Å². The maximum atomic E-state index is 13.1. The van der Waals surface area contributed by atoms with Crippen LogP contribution in [-0.2, 0) is 4.79 Å². The van der Waals surface area contributed by atoms with Crippen LogP contribution in [0.5, 0.6) is 0 Å². The number of carbonyl (C=O) groups excluding carboxylic acids is 2. The Morgan fingerprint density at radius 2 is 1.89 bits per heavy atom. The highest BCUT2D eigenvalue weighted by Crippen LogP contribution is 2.55. The van der Waals surface area contributed by atoms with E-state index in [1.807, 2.05) is 0 Å². The summed E-state index contributed by atoms with van der Waals surface area (Å²) >= 11 is 0. The summed E-state index contributed by atoms with van der Waals surface area (Å²) in [6.07, 6.45) is 10.6. The lowest BCUT2D eigenvalue weighted by molar-refractivity contribution is -0.116. The van der Waals surface area contributed by atoms with Crippen LogP contribution in [0.3, 0.4) is 0 Å². The van der Waals surface area contributed by atoms with Crippen molar-refractivity contribution in [3.8, 4) is 0 Å². The lowest BCUT2D eigenvalue weighted by Crippen LogP contribution is -2.62. The third-order valence-corrected chi connectivity index (χ3v) is 6.52. The quantitative estimate of drug-likeness (QED) is 0.766. The molecule has 148 valence electrons. The molecule has 0 spiro atoms. The molecular formula is C20H30N4O3. The molecular weight excluding hydrogens is 344 g/mol. The van der Waals surface area contributed by atoms with E-state index in [0.717, 1.165) is 49.9 Å². The van der Waals surface area contributed by atoms with Crippen LogP contribution in [0, 0.1) is 17.8 Å². The van der Waals surface area contributed by atoms with Gasteiger partial charge >= 0.3 is 6.03 Å². The smallest absolute Gasteiger partial charge is 0.318 e.